The number of hydroxylamine groups is 3. The number of aliphatic hydroxyl groups is 2. The molecule has 1 heterocycles. The van der Waals surface area contributed by atoms with E-state index >= 15 is 0 Å². The predicted molar refractivity (Wildman–Crippen MR) is 94.7 cm³/mol. The molecular weight excluding hydrogens is 334 g/mol. The maximum atomic E-state index is 13.6. The summed E-state index contributed by atoms with van der Waals surface area (Å²) in [7, 11) is 1.69. The van der Waals surface area contributed by atoms with Crippen LogP contribution in [-0.4, -0.2) is 57.4 Å². The number of quaternary nitrogens is 1. The van der Waals surface area contributed by atoms with E-state index in [0.29, 0.717) is 37.5 Å². The van der Waals surface area contributed by atoms with Crippen LogP contribution in [0.4, 0.5) is 0 Å². The third-order valence-electron chi connectivity index (χ3n) is 7.57. The number of hydrogen-bond acceptors (Lipinski definition) is 5. The minimum atomic E-state index is -1.27. The number of phenols is 1. The SMILES string of the molecule is CC12c3c4ccc(O)c3O[C@H]1[C@@H](O)CC[C@@]2(O)[C@H]([N+](C)([O-])CC1CC1)C4. The minimum Gasteiger partial charge on any atom is -0.633 e. The molecule has 1 aromatic carbocycles. The van der Waals surface area contributed by atoms with Crippen molar-refractivity contribution in [1.82, 2.24) is 0 Å². The lowest BCUT2D eigenvalue weighted by molar-refractivity contribution is -0.897. The van der Waals surface area contributed by atoms with Crippen molar-refractivity contribution in [2.45, 2.75) is 68.3 Å². The van der Waals surface area contributed by atoms with E-state index in [1.807, 2.05) is 13.0 Å². The zero-order chi connectivity index (χ0) is 18.5. The molecule has 0 spiro atoms. The smallest absolute Gasteiger partial charge is 0.165 e. The van der Waals surface area contributed by atoms with Gasteiger partial charge in [-0.05, 0) is 44.2 Å². The average molecular weight is 361 g/mol. The van der Waals surface area contributed by atoms with Crippen LogP contribution in [0.15, 0.2) is 12.1 Å². The number of phenolic OH excluding ortho intramolecular Hbond substituents is 1. The molecule has 142 valence electrons. The van der Waals surface area contributed by atoms with Crippen molar-refractivity contribution in [3.8, 4) is 11.5 Å². The van der Waals surface area contributed by atoms with Gasteiger partial charge in [-0.1, -0.05) is 6.07 Å². The highest BCUT2D eigenvalue weighted by atomic mass is 16.6. The first-order chi connectivity index (χ1) is 12.2. The fraction of sp³-hybridized carbons (Fsp3) is 0.700. The van der Waals surface area contributed by atoms with Gasteiger partial charge in [-0.3, -0.25) is 0 Å². The van der Waals surface area contributed by atoms with Crippen molar-refractivity contribution in [2.75, 3.05) is 13.6 Å². The Morgan fingerprint density at radius 3 is 2.73 bits per heavy atom. The normalized spacial score (nSPS) is 42.7. The van der Waals surface area contributed by atoms with Gasteiger partial charge < -0.3 is 29.9 Å². The lowest BCUT2D eigenvalue weighted by Gasteiger charge is -2.61. The second kappa shape index (κ2) is 4.93. The van der Waals surface area contributed by atoms with Gasteiger partial charge in [0.1, 0.15) is 17.7 Å². The van der Waals surface area contributed by atoms with E-state index < -0.39 is 33.9 Å². The van der Waals surface area contributed by atoms with Crippen LogP contribution in [0.25, 0.3) is 0 Å². The molecule has 0 aromatic heterocycles. The largest absolute Gasteiger partial charge is 0.633 e. The topological polar surface area (TPSA) is 93.0 Å². The van der Waals surface area contributed by atoms with E-state index in [4.69, 9.17) is 4.74 Å². The highest BCUT2D eigenvalue weighted by Crippen LogP contribution is 2.62. The highest BCUT2D eigenvalue weighted by molar-refractivity contribution is 5.61. The second-order valence-corrected chi connectivity index (χ2v) is 9.24. The van der Waals surface area contributed by atoms with E-state index in [-0.39, 0.29) is 5.75 Å². The molecule has 2 unspecified atom stereocenters. The van der Waals surface area contributed by atoms with Crippen molar-refractivity contribution in [2.24, 2.45) is 5.92 Å². The van der Waals surface area contributed by atoms with Gasteiger partial charge in [0.05, 0.1) is 25.1 Å². The van der Waals surface area contributed by atoms with Crippen molar-refractivity contribution < 1.29 is 24.7 Å². The van der Waals surface area contributed by atoms with Gasteiger partial charge in [-0.15, -0.1) is 0 Å². The van der Waals surface area contributed by atoms with Gasteiger partial charge in [0.25, 0.3) is 0 Å². The van der Waals surface area contributed by atoms with Crippen LogP contribution in [0.2, 0.25) is 0 Å². The molecule has 1 aliphatic heterocycles. The van der Waals surface area contributed by atoms with E-state index in [9.17, 15) is 20.5 Å². The summed E-state index contributed by atoms with van der Waals surface area (Å²) in [6.07, 6.45) is 2.04. The Balaban J connectivity index is 1.70. The highest BCUT2D eigenvalue weighted by Gasteiger charge is 2.71. The number of benzene rings is 1. The van der Waals surface area contributed by atoms with Gasteiger partial charge in [0.2, 0.25) is 0 Å². The summed E-state index contributed by atoms with van der Waals surface area (Å²) in [5.41, 5.74) is -0.437. The summed E-state index contributed by atoms with van der Waals surface area (Å²) in [5.74, 6) is 0.857. The molecule has 2 fully saturated rings. The van der Waals surface area contributed by atoms with Crippen LogP contribution in [0.3, 0.4) is 0 Å². The molecule has 3 N–H and O–H groups in total. The Labute approximate surface area is 153 Å². The fourth-order valence-corrected chi connectivity index (χ4v) is 6.04. The van der Waals surface area contributed by atoms with Crippen LogP contribution < -0.4 is 4.74 Å². The number of hydrogen-bond donors (Lipinski definition) is 3. The molecule has 6 nitrogen and oxygen atoms in total. The second-order valence-electron chi connectivity index (χ2n) is 9.24. The molecule has 0 saturated heterocycles. The van der Waals surface area contributed by atoms with Gasteiger partial charge in [0, 0.05) is 17.9 Å². The van der Waals surface area contributed by atoms with Crippen molar-refractivity contribution >= 4 is 0 Å². The number of rotatable bonds is 3. The maximum Gasteiger partial charge on any atom is 0.165 e. The monoisotopic (exact) mass is 361 g/mol. The van der Waals surface area contributed by atoms with Gasteiger partial charge in [0.15, 0.2) is 11.5 Å². The van der Waals surface area contributed by atoms with Gasteiger partial charge in [-0.2, -0.15) is 0 Å². The van der Waals surface area contributed by atoms with Crippen molar-refractivity contribution in [3.05, 3.63) is 28.5 Å². The first-order valence-corrected chi connectivity index (χ1v) is 9.67. The Bertz CT molecular complexity index is 776. The summed E-state index contributed by atoms with van der Waals surface area (Å²) in [4.78, 5) is 0. The standard InChI is InChI=1S/C20H27NO5/c1-19-16-12-5-6-13(22)17(16)26-18(19)14(23)7-8-20(19,24)15(9-12)21(2,25)10-11-3-4-11/h5-6,11,14-15,18,22-24H,3-4,7-10H2,1-2H3/t14-,15+,18-,19?,20+,21?/m0/s1. The van der Waals surface area contributed by atoms with Gasteiger partial charge >= 0.3 is 0 Å². The van der Waals surface area contributed by atoms with Crippen LogP contribution in [0.1, 0.15) is 43.7 Å². The van der Waals surface area contributed by atoms with E-state index in [2.05, 4.69) is 0 Å². The molecular formula is C20H27NO5. The summed E-state index contributed by atoms with van der Waals surface area (Å²) >= 11 is 0. The average Bonchev–Trinajstić information content (AvgIpc) is 3.30. The molecule has 4 aliphatic rings. The lowest BCUT2D eigenvalue weighted by atomic mass is 9.52. The molecule has 0 radical (unpaired) electrons. The summed E-state index contributed by atoms with van der Waals surface area (Å²) < 4.78 is 5.54. The minimum absolute atomic E-state index is 0.0322. The third-order valence-corrected chi connectivity index (χ3v) is 7.57. The summed E-state index contributed by atoms with van der Waals surface area (Å²) in [6.45, 7) is 2.43. The molecule has 6 heteroatoms. The Kier molecular flexibility index (Phi) is 3.18. The molecule has 5 rings (SSSR count). The van der Waals surface area contributed by atoms with Crippen molar-refractivity contribution in [3.63, 3.8) is 0 Å². The summed E-state index contributed by atoms with van der Waals surface area (Å²) in [5, 5.41) is 46.5. The Hall–Kier alpha value is -1.34. The zero-order valence-electron chi connectivity index (χ0n) is 15.3. The molecule has 6 atom stereocenters. The number of ether oxygens (including phenoxy) is 1. The first kappa shape index (κ1) is 16.8. The third kappa shape index (κ3) is 1.91. The maximum absolute atomic E-state index is 13.6. The molecule has 0 bridgehead atoms. The molecule has 3 aliphatic carbocycles. The fourth-order valence-electron chi connectivity index (χ4n) is 6.04. The lowest BCUT2D eigenvalue weighted by Crippen LogP contribution is -2.75. The van der Waals surface area contributed by atoms with Crippen LogP contribution in [0.5, 0.6) is 11.5 Å². The van der Waals surface area contributed by atoms with E-state index in [1.165, 1.54) is 0 Å². The summed E-state index contributed by atoms with van der Waals surface area (Å²) in [6, 6.07) is 2.93. The number of aromatic hydroxyl groups is 1. The predicted octanol–water partition coefficient (Wildman–Crippen LogP) is 1.58. The quantitative estimate of drug-likeness (QED) is 0.561. The van der Waals surface area contributed by atoms with Gasteiger partial charge in [-0.25, -0.2) is 0 Å². The van der Waals surface area contributed by atoms with E-state index in [1.54, 1.807) is 13.1 Å². The van der Waals surface area contributed by atoms with Crippen LogP contribution >= 0.6 is 0 Å². The number of aliphatic hydroxyl groups excluding tert-OH is 1. The zero-order valence-corrected chi connectivity index (χ0v) is 15.3. The molecule has 2 saturated carbocycles. The first-order valence-electron chi connectivity index (χ1n) is 9.67. The van der Waals surface area contributed by atoms with Crippen molar-refractivity contribution in [1.29, 1.82) is 0 Å². The van der Waals surface area contributed by atoms with Crippen LogP contribution in [0, 0.1) is 11.1 Å². The molecule has 0 amide bonds. The Morgan fingerprint density at radius 2 is 2.04 bits per heavy atom. The number of nitrogens with zero attached hydrogens (tertiary/aromatic N) is 1. The molecule has 26 heavy (non-hydrogen) atoms. The Morgan fingerprint density at radius 1 is 1.31 bits per heavy atom. The molecule has 1 aromatic rings. The number of likely N-dealkylation sites (N-methyl/N-ethyl adjacent to an activating group) is 1. The van der Waals surface area contributed by atoms with E-state index in [0.717, 1.165) is 24.0 Å². The van der Waals surface area contributed by atoms with Crippen LogP contribution in [-0.2, 0) is 11.8 Å².